The number of rotatable bonds is 0. The van der Waals surface area contributed by atoms with E-state index in [9.17, 15) is 0 Å². The number of hydrogen-bond acceptors (Lipinski definition) is 2. The van der Waals surface area contributed by atoms with E-state index in [0.717, 1.165) is 10.6 Å². The molecule has 0 aliphatic carbocycles. The van der Waals surface area contributed by atoms with Crippen molar-refractivity contribution in [3.63, 3.8) is 0 Å². The Balaban J connectivity index is 2.73. The summed E-state index contributed by atoms with van der Waals surface area (Å²) in [5, 5.41) is 1.78. The van der Waals surface area contributed by atoms with Crippen molar-refractivity contribution in [1.82, 2.24) is 0 Å². The predicted molar refractivity (Wildman–Crippen MR) is 45.5 cm³/mol. The summed E-state index contributed by atoms with van der Waals surface area (Å²) in [5.41, 5.74) is 0. The first-order chi connectivity index (χ1) is 5.36. The Kier molecular flexibility index (Phi) is 1.66. The molecular weight excluding hydrogens is 206 g/mol. The minimum atomic E-state index is -0.225. The quantitative estimate of drug-likeness (QED) is 0.459. The van der Waals surface area contributed by atoms with E-state index in [0.29, 0.717) is 0 Å². The van der Waals surface area contributed by atoms with Crippen molar-refractivity contribution >= 4 is 22.2 Å². The molecule has 0 fully saturated rings. The van der Waals surface area contributed by atoms with Crippen molar-refractivity contribution in [1.29, 1.82) is 0 Å². The van der Waals surface area contributed by atoms with E-state index >= 15 is 0 Å². The van der Waals surface area contributed by atoms with Crippen molar-refractivity contribution in [2.75, 3.05) is 0 Å². The second-order valence-corrected chi connectivity index (χ2v) is 3.02. The zero-order valence-corrected chi connectivity index (χ0v) is 7.28. The number of nitrogens with zero attached hydrogens (tertiary/aromatic N) is 1. The van der Waals surface area contributed by atoms with Gasteiger partial charge in [-0.1, -0.05) is 12.1 Å². The molecule has 0 N–H and O–H groups in total. The Hall–Kier alpha value is -0.830. The highest BCUT2D eigenvalue weighted by Gasteiger charge is 2.01. The monoisotopic (exact) mass is 211 g/mol. The Labute approximate surface area is 72.3 Å². The van der Waals surface area contributed by atoms with Gasteiger partial charge in [-0.05, 0) is 28.1 Å². The van der Waals surface area contributed by atoms with Crippen LogP contribution in [-0.2, 0) is 4.74 Å². The lowest BCUT2D eigenvalue weighted by atomic mass is 10.3. The van der Waals surface area contributed by atoms with Crippen LogP contribution in [0.4, 0.5) is 0 Å². The van der Waals surface area contributed by atoms with E-state index in [1.54, 1.807) is 6.26 Å². The third-order valence-electron chi connectivity index (χ3n) is 1.48. The molecule has 1 aliphatic heterocycles. The van der Waals surface area contributed by atoms with Crippen molar-refractivity contribution < 1.29 is 4.74 Å². The van der Waals surface area contributed by atoms with E-state index in [2.05, 4.69) is 20.9 Å². The van der Waals surface area contributed by atoms with Crippen molar-refractivity contribution in [2.45, 2.75) is 5.14 Å². The minimum Gasteiger partial charge on any atom is -0.466 e. The number of ether oxygens (including phenoxy) is 1. The lowest BCUT2D eigenvalue weighted by Crippen LogP contribution is -2.29. The number of halogens is 1. The fourth-order valence-electron chi connectivity index (χ4n) is 0.974. The Morgan fingerprint density at radius 2 is 2.18 bits per heavy atom. The SMILES string of the molecule is BrC1N=c2ccccc2=CO1. The summed E-state index contributed by atoms with van der Waals surface area (Å²) in [6, 6.07) is 7.85. The third-order valence-corrected chi connectivity index (χ3v) is 1.91. The van der Waals surface area contributed by atoms with Gasteiger partial charge in [-0.15, -0.1) is 0 Å². The van der Waals surface area contributed by atoms with Crippen LogP contribution in [-0.4, -0.2) is 5.14 Å². The van der Waals surface area contributed by atoms with Gasteiger partial charge in [-0.25, -0.2) is 4.99 Å². The van der Waals surface area contributed by atoms with Crippen LogP contribution in [0.3, 0.4) is 0 Å². The van der Waals surface area contributed by atoms with Crippen molar-refractivity contribution in [2.24, 2.45) is 4.99 Å². The molecule has 1 atom stereocenters. The molecule has 0 bridgehead atoms. The molecule has 1 aromatic rings. The molecule has 1 heterocycles. The van der Waals surface area contributed by atoms with E-state index in [-0.39, 0.29) is 5.14 Å². The number of alkyl halides is 1. The fourth-order valence-corrected chi connectivity index (χ4v) is 1.30. The molecule has 0 aromatic heterocycles. The summed E-state index contributed by atoms with van der Waals surface area (Å²) < 4.78 is 5.13. The normalized spacial score (nSPS) is 20.6. The van der Waals surface area contributed by atoms with Crippen LogP contribution in [0, 0.1) is 0 Å². The van der Waals surface area contributed by atoms with Gasteiger partial charge in [0.25, 0.3) is 0 Å². The van der Waals surface area contributed by atoms with Crippen LogP contribution in [0.25, 0.3) is 6.26 Å². The molecule has 0 amide bonds. The first kappa shape index (κ1) is 6.85. The number of fused-ring (bicyclic) bond motifs is 1. The molecule has 1 unspecified atom stereocenters. The van der Waals surface area contributed by atoms with Crippen molar-refractivity contribution in [3.05, 3.63) is 34.8 Å². The first-order valence-electron chi connectivity index (χ1n) is 3.29. The van der Waals surface area contributed by atoms with Gasteiger partial charge in [0.1, 0.15) is 0 Å². The van der Waals surface area contributed by atoms with Crippen molar-refractivity contribution in [3.8, 4) is 0 Å². The lowest BCUT2D eigenvalue weighted by molar-refractivity contribution is 0.269. The fraction of sp³-hybridized carbons (Fsp3) is 0.125. The third kappa shape index (κ3) is 1.28. The Bertz CT molecular complexity index is 374. The van der Waals surface area contributed by atoms with Crippen LogP contribution < -0.4 is 10.6 Å². The summed E-state index contributed by atoms with van der Waals surface area (Å²) in [6.07, 6.45) is 1.71. The molecule has 0 spiro atoms. The maximum Gasteiger partial charge on any atom is 0.245 e. The van der Waals surface area contributed by atoms with Crippen LogP contribution >= 0.6 is 15.9 Å². The molecule has 1 aliphatic rings. The summed E-state index contributed by atoms with van der Waals surface area (Å²) in [4.78, 5) is 4.21. The Morgan fingerprint density at radius 1 is 1.36 bits per heavy atom. The lowest BCUT2D eigenvalue weighted by Gasteiger charge is -2.07. The van der Waals surface area contributed by atoms with Gasteiger partial charge in [0, 0.05) is 5.22 Å². The van der Waals surface area contributed by atoms with Gasteiger partial charge in [-0.3, -0.25) is 0 Å². The molecule has 0 saturated carbocycles. The van der Waals surface area contributed by atoms with E-state index < -0.39 is 0 Å². The summed E-state index contributed by atoms with van der Waals surface area (Å²) >= 11 is 3.24. The summed E-state index contributed by atoms with van der Waals surface area (Å²) in [5.74, 6) is 0. The molecule has 11 heavy (non-hydrogen) atoms. The van der Waals surface area contributed by atoms with Gasteiger partial charge in [0.2, 0.25) is 5.14 Å². The van der Waals surface area contributed by atoms with Crippen LogP contribution in [0.5, 0.6) is 0 Å². The molecule has 56 valence electrons. The zero-order valence-electron chi connectivity index (χ0n) is 5.70. The molecule has 2 rings (SSSR count). The maximum atomic E-state index is 5.13. The number of hydrogen-bond donors (Lipinski definition) is 0. The summed E-state index contributed by atoms with van der Waals surface area (Å²) in [7, 11) is 0. The van der Waals surface area contributed by atoms with Gasteiger partial charge in [-0.2, -0.15) is 0 Å². The maximum absolute atomic E-state index is 5.13. The van der Waals surface area contributed by atoms with Crippen LogP contribution in [0.1, 0.15) is 0 Å². The highest BCUT2D eigenvalue weighted by molar-refractivity contribution is 9.09. The van der Waals surface area contributed by atoms with Crippen LogP contribution in [0.15, 0.2) is 29.3 Å². The molecule has 0 saturated heterocycles. The Morgan fingerprint density at radius 3 is 3.09 bits per heavy atom. The van der Waals surface area contributed by atoms with Gasteiger partial charge in [0.05, 0.1) is 11.6 Å². The largest absolute Gasteiger partial charge is 0.466 e. The van der Waals surface area contributed by atoms with E-state index in [4.69, 9.17) is 4.74 Å². The van der Waals surface area contributed by atoms with Crippen LogP contribution in [0.2, 0.25) is 0 Å². The average molecular weight is 212 g/mol. The van der Waals surface area contributed by atoms with E-state index in [1.807, 2.05) is 24.3 Å². The molecule has 3 heteroatoms. The summed E-state index contributed by atoms with van der Waals surface area (Å²) in [6.45, 7) is 0. The average Bonchev–Trinajstić information content (AvgIpc) is 2.04. The smallest absolute Gasteiger partial charge is 0.245 e. The predicted octanol–water partition coefficient (Wildman–Crippen LogP) is 0.753. The van der Waals surface area contributed by atoms with Gasteiger partial charge < -0.3 is 4.74 Å². The highest BCUT2D eigenvalue weighted by Crippen LogP contribution is 2.03. The molecule has 1 aromatic carbocycles. The molecule has 0 radical (unpaired) electrons. The standard InChI is InChI=1S/C8H6BrNO/c9-8-10-7-4-2-1-3-6(7)5-11-8/h1-5,8H. The topological polar surface area (TPSA) is 21.6 Å². The number of para-hydroxylation sites is 1. The second-order valence-electron chi connectivity index (χ2n) is 2.23. The first-order valence-corrected chi connectivity index (χ1v) is 4.20. The zero-order chi connectivity index (χ0) is 7.68. The number of benzene rings is 1. The van der Waals surface area contributed by atoms with Gasteiger partial charge >= 0.3 is 0 Å². The van der Waals surface area contributed by atoms with Gasteiger partial charge in [0.15, 0.2) is 0 Å². The van der Waals surface area contributed by atoms with E-state index in [1.165, 1.54) is 0 Å². The molecular formula is C8H6BrNO. The highest BCUT2D eigenvalue weighted by atomic mass is 79.9. The molecule has 2 nitrogen and oxygen atoms in total. The second kappa shape index (κ2) is 2.66. The minimum absolute atomic E-state index is 0.225.